The summed E-state index contributed by atoms with van der Waals surface area (Å²) in [6.45, 7) is 8.25. The van der Waals surface area contributed by atoms with Crippen molar-refractivity contribution in [3.05, 3.63) is 65.2 Å². The Labute approximate surface area is 173 Å². The van der Waals surface area contributed by atoms with E-state index in [1.54, 1.807) is 19.1 Å². The van der Waals surface area contributed by atoms with Crippen molar-refractivity contribution >= 4 is 15.9 Å². The van der Waals surface area contributed by atoms with Crippen LogP contribution in [0, 0.1) is 6.92 Å². The lowest BCUT2D eigenvalue weighted by atomic mass is 10.1. The topological polar surface area (TPSA) is 69.7 Å². The minimum Gasteiger partial charge on any atom is -0.337 e. The van der Waals surface area contributed by atoms with E-state index < -0.39 is 10.0 Å². The van der Waals surface area contributed by atoms with Crippen LogP contribution in [0.3, 0.4) is 0 Å². The zero-order chi connectivity index (χ0) is 20.9. The number of rotatable bonds is 6. The molecule has 0 saturated carbocycles. The lowest BCUT2D eigenvalue weighted by Crippen LogP contribution is -2.35. The summed E-state index contributed by atoms with van der Waals surface area (Å²) in [7, 11) is -3.51. The number of benzene rings is 2. The van der Waals surface area contributed by atoms with Crippen LogP contribution in [-0.2, 0) is 16.6 Å². The summed E-state index contributed by atoms with van der Waals surface area (Å²) in [4.78, 5) is 17.3. The molecule has 2 aromatic rings. The van der Waals surface area contributed by atoms with Gasteiger partial charge in [0.15, 0.2) is 0 Å². The van der Waals surface area contributed by atoms with E-state index in [9.17, 15) is 13.2 Å². The molecule has 29 heavy (non-hydrogen) atoms. The molecule has 1 fully saturated rings. The van der Waals surface area contributed by atoms with Gasteiger partial charge in [-0.05, 0) is 48.7 Å². The van der Waals surface area contributed by atoms with Crippen LogP contribution in [0.1, 0.15) is 34.8 Å². The van der Waals surface area contributed by atoms with Gasteiger partial charge in [-0.15, -0.1) is 0 Å². The molecule has 7 heteroatoms. The van der Waals surface area contributed by atoms with Crippen LogP contribution >= 0.6 is 0 Å². The molecular formula is C22H29N3O3S. The fourth-order valence-corrected chi connectivity index (χ4v) is 4.63. The summed E-state index contributed by atoms with van der Waals surface area (Å²) in [6.07, 6.45) is 0.921. The summed E-state index contributed by atoms with van der Waals surface area (Å²) in [5, 5.41) is 0. The molecule has 0 bridgehead atoms. The van der Waals surface area contributed by atoms with Crippen molar-refractivity contribution in [2.75, 3.05) is 32.7 Å². The molecule has 1 aliphatic rings. The van der Waals surface area contributed by atoms with Gasteiger partial charge in [-0.25, -0.2) is 13.1 Å². The Morgan fingerprint density at radius 1 is 1.00 bits per heavy atom. The molecule has 2 aromatic carbocycles. The molecule has 0 aromatic heterocycles. The Morgan fingerprint density at radius 3 is 2.41 bits per heavy atom. The van der Waals surface area contributed by atoms with Crippen molar-refractivity contribution < 1.29 is 13.2 Å². The molecule has 1 saturated heterocycles. The van der Waals surface area contributed by atoms with E-state index in [4.69, 9.17) is 0 Å². The average Bonchev–Trinajstić information content (AvgIpc) is 2.95. The van der Waals surface area contributed by atoms with Gasteiger partial charge in [0.1, 0.15) is 0 Å². The maximum absolute atomic E-state index is 12.9. The van der Waals surface area contributed by atoms with Crippen LogP contribution < -0.4 is 4.72 Å². The van der Waals surface area contributed by atoms with Gasteiger partial charge in [0.25, 0.3) is 5.91 Å². The highest BCUT2D eigenvalue weighted by Gasteiger charge is 2.21. The first-order valence-corrected chi connectivity index (χ1v) is 11.5. The number of carbonyl (C=O) groups excluding carboxylic acids is 1. The first-order chi connectivity index (χ1) is 13.9. The first-order valence-electron chi connectivity index (χ1n) is 10.1. The van der Waals surface area contributed by atoms with Crippen molar-refractivity contribution in [3.8, 4) is 0 Å². The van der Waals surface area contributed by atoms with E-state index in [1.807, 2.05) is 4.90 Å². The monoisotopic (exact) mass is 415 g/mol. The van der Waals surface area contributed by atoms with Crippen LogP contribution in [0.5, 0.6) is 0 Å². The van der Waals surface area contributed by atoms with Crippen molar-refractivity contribution in [2.24, 2.45) is 0 Å². The van der Waals surface area contributed by atoms with Crippen molar-refractivity contribution in [1.82, 2.24) is 14.5 Å². The fourth-order valence-electron chi connectivity index (χ4n) is 3.59. The van der Waals surface area contributed by atoms with E-state index in [1.165, 1.54) is 23.3 Å². The van der Waals surface area contributed by atoms with E-state index in [0.717, 1.165) is 26.1 Å². The molecular weight excluding hydrogens is 386 g/mol. The molecule has 0 atom stereocenters. The second kappa shape index (κ2) is 9.52. The average molecular weight is 416 g/mol. The SMILES string of the molecule is CCNS(=O)(=O)c1ccc(C(=O)N2CCCN(Cc3ccccc3C)CC2)cc1. The van der Waals surface area contributed by atoms with Crippen molar-refractivity contribution in [3.63, 3.8) is 0 Å². The third kappa shape index (κ3) is 5.44. The highest BCUT2D eigenvalue weighted by Crippen LogP contribution is 2.16. The third-order valence-electron chi connectivity index (χ3n) is 5.28. The maximum Gasteiger partial charge on any atom is 0.253 e. The normalized spacial score (nSPS) is 15.9. The van der Waals surface area contributed by atoms with E-state index in [2.05, 4.69) is 40.8 Å². The molecule has 156 valence electrons. The first kappa shape index (κ1) is 21.5. The van der Waals surface area contributed by atoms with Crippen LogP contribution in [0.15, 0.2) is 53.4 Å². The molecule has 0 radical (unpaired) electrons. The number of sulfonamides is 1. The van der Waals surface area contributed by atoms with E-state index >= 15 is 0 Å². The summed E-state index contributed by atoms with van der Waals surface area (Å²) in [5.74, 6) is -0.0462. The molecule has 0 unspecified atom stereocenters. The molecule has 6 nitrogen and oxygen atoms in total. The second-order valence-electron chi connectivity index (χ2n) is 7.37. The van der Waals surface area contributed by atoms with Gasteiger partial charge < -0.3 is 4.90 Å². The van der Waals surface area contributed by atoms with E-state index in [0.29, 0.717) is 25.2 Å². The Kier molecular flexibility index (Phi) is 7.05. The van der Waals surface area contributed by atoms with Crippen molar-refractivity contribution in [2.45, 2.75) is 31.7 Å². The standard InChI is InChI=1S/C22H29N3O3S/c1-3-23-29(27,28)21-11-9-19(10-12-21)22(26)25-14-6-13-24(15-16-25)17-20-8-5-4-7-18(20)2/h4-5,7-12,23H,3,6,13-17H2,1-2H3. The van der Waals surface area contributed by atoms with Gasteiger partial charge >= 0.3 is 0 Å². The van der Waals surface area contributed by atoms with Gasteiger partial charge in [-0.3, -0.25) is 9.69 Å². The van der Waals surface area contributed by atoms with Gasteiger partial charge in [0, 0.05) is 44.8 Å². The van der Waals surface area contributed by atoms with Gasteiger partial charge in [0.2, 0.25) is 10.0 Å². The van der Waals surface area contributed by atoms with Gasteiger partial charge in [0.05, 0.1) is 4.90 Å². The quantitative estimate of drug-likeness (QED) is 0.788. The Balaban J connectivity index is 1.63. The Hall–Kier alpha value is -2.22. The van der Waals surface area contributed by atoms with Crippen LogP contribution in [-0.4, -0.2) is 56.8 Å². The third-order valence-corrected chi connectivity index (χ3v) is 6.84. The molecule has 0 aliphatic carbocycles. The van der Waals surface area contributed by atoms with Crippen LogP contribution in [0.4, 0.5) is 0 Å². The second-order valence-corrected chi connectivity index (χ2v) is 9.14. The molecule has 0 spiro atoms. The highest BCUT2D eigenvalue weighted by molar-refractivity contribution is 7.89. The molecule has 1 N–H and O–H groups in total. The zero-order valence-electron chi connectivity index (χ0n) is 17.1. The predicted molar refractivity (Wildman–Crippen MR) is 114 cm³/mol. The summed E-state index contributed by atoms with van der Waals surface area (Å²) < 4.78 is 26.6. The number of amides is 1. The largest absolute Gasteiger partial charge is 0.337 e. The molecule has 3 rings (SSSR count). The molecule has 1 amide bonds. The van der Waals surface area contributed by atoms with E-state index in [-0.39, 0.29) is 10.8 Å². The number of nitrogens with one attached hydrogen (secondary N) is 1. The Bertz CT molecular complexity index is 942. The smallest absolute Gasteiger partial charge is 0.253 e. The minimum atomic E-state index is -3.51. The summed E-state index contributed by atoms with van der Waals surface area (Å²) in [5.41, 5.74) is 3.13. The lowest BCUT2D eigenvalue weighted by Gasteiger charge is -2.22. The number of hydrogen-bond acceptors (Lipinski definition) is 4. The minimum absolute atomic E-state index is 0.0462. The van der Waals surface area contributed by atoms with Gasteiger partial charge in [-0.2, -0.15) is 0 Å². The summed E-state index contributed by atoms with van der Waals surface area (Å²) in [6, 6.07) is 14.6. The lowest BCUT2D eigenvalue weighted by molar-refractivity contribution is 0.0761. The fraction of sp³-hybridized carbons (Fsp3) is 0.409. The number of nitrogens with zero attached hydrogens (tertiary/aromatic N) is 2. The number of carbonyl (C=O) groups is 1. The van der Waals surface area contributed by atoms with Crippen LogP contribution in [0.25, 0.3) is 0 Å². The predicted octanol–water partition coefficient (Wildman–Crippen LogP) is 2.64. The van der Waals surface area contributed by atoms with Crippen LogP contribution in [0.2, 0.25) is 0 Å². The number of aryl methyl sites for hydroxylation is 1. The summed E-state index contributed by atoms with van der Waals surface area (Å²) >= 11 is 0. The zero-order valence-corrected chi connectivity index (χ0v) is 17.9. The molecule has 1 heterocycles. The Morgan fingerprint density at radius 2 is 1.72 bits per heavy atom. The number of hydrogen-bond donors (Lipinski definition) is 1. The highest BCUT2D eigenvalue weighted by atomic mass is 32.2. The molecule has 1 aliphatic heterocycles. The maximum atomic E-state index is 12.9. The van der Waals surface area contributed by atoms with Gasteiger partial charge in [-0.1, -0.05) is 31.2 Å². The van der Waals surface area contributed by atoms with Crippen molar-refractivity contribution in [1.29, 1.82) is 0 Å².